The Kier molecular flexibility index (Phi) is 4.34. The van der Waals surface area contributed by atoms with E-state index in [0.717, 1.165) is 30.0 Å². The largest absolute Gasteiger partial charge is 0.363 e. The van der Waals surface area contributed by atoms with Crippen molar-refractivity contribution in [3.63, 3.8) is 0 Å². The highest BCUT2D eigenvalue weighted by Crippen LogP contribution is 2.28. The Morgan fingerprint density at radius 2 is 2.21 bits per heavy atom. The van der Waals surface area contributed by atoms with Crippen molar-refractivity contribution in [3.8, 4) is 0 Å². The number of fused-ring (bicyclic) bond motifs is 1. The van der Waals surface area contributed by atoms with Crippen molar-refractivity contribution < 1.29 is 9.53 Å². The van der Waals surface area contributed by atoms with Crippen molar-refractivity contribution in [1.29, 1.82) is 0 Å². The van der Waals surface area contributed by atoms with Crippen LogP contribution in [-0.2, 0) is 29.0 Å². The summed E-state index contributed by atoms with van der Waals surface area (Å²) in [6.07, 6.45) is 8.21. The molecule has 2 aromatic rings. The van der Waals surface area contributed by atoms with Crippen LogP contribution >= 0.6 is 0 Å². The van der Waals surface area contributed by atoms with Gasteiger partial charge in [0.1, 0.15) is 0 Å². The maximum Gasteiger partial charge on any atom is 0.254 e. The topological polar surface area (TPSA) is 56.2 Å². The Hall–Kier alpha value is -2.14. The number of ether oxygens (including phenoxy) is 1. The van der Waals surface area contributed by atoms with Gasteiger partial charge in [-0.1, -0.05) is 30.7 Å². The first kappa shape index (κ1) is 15.4. The molecule has 2 heterocycles. The van der Waals surface area contributed by atoms with Gasteiger partial charge >= 0.3 is 0 Å². The van der Waals surface area contributed by atoms with Crippen molar-refractivity contribution in [2.24, 2.45) is 5.92 Å². The molecular weight excluding hydrogens is 302 g/mol. The summed E-state index contributed by atoms with van der Waals surface area (Å²) in [6, 6.07) is 8.02. The number of carbonyl (C=O) groups excluding carboxylic acids is 1. The van der Waals surface area contributed by atoms with Crippen molar-refractivity contribution in [3.05, 3.63) is 53.3 Å². The zero-order valence-electron chi connectivity index (χ0n) is 13.8. The molecule has 5 nitrogen and oxygen atoms in total. The summed E-state index contributed by atoms with van der Waals surface area (Å²) in [4.78, 5) is 12.5. The van der Waals surface area contributed by atoms with E-state index in [1.807, 2.05) is 35.3 Å². The van der Waals surface area contributed by atoms with E-state index in [-0.39, 0.29) is 5.91 Å². The zero-order valence-corrected chi connectivity index (χ0v) is 13.8. The first-order valence-electron chi connectivity index (χ1n) is 8.78. The number of hydrogen-bond donors (Lipinski definition) is 1. The van der Waals surface area contributed by atoms with Gasteiger partial charge in [-0.05, 0) is 36.3 Å². The van der Waals surface area contributed by atoms with E-state index in [1.165, 1.54) is 24.8 Å². The maximum absolute atomic E-state index is 12.5. The Morgan fingerprint density at radius 3 is 3.04 bits per heavy atom. The van der Waals surface area contributed by atoms with Gasteiger partial charge in [-0.25, -0.2) is 0 Å². The molecule has 0 bridgehead atoms. The molecule has 1 aromatic carbocycles. The lowest BCUT2D eigenvalue weighted by molar-refractivity contribution is -0.134. The van der Waals surface area contributed by atoms with E-state index in [0.29, 0.717) is 13.2 Å². The van der Waals surface area contributed by atoms with Gasteiger partial charge in [0.15, 0.2) is 6.10 Å². The van der Waals surface area contributed by atoms with Crippen LogP contribution in [0.2, 0.25) is 0 Å². The highest BCUT2D eigenvalue weighted by atomic mass is 16.5. The Labute approximate surface area is 142 Å². The van der Waals surface area contributed by atoms with Crippen LogP contribution in [0.15, 0.2) is 36.7 Å². The van der Waals surface area contributed by atoms with Crippen molar-refractivity contribution >= 4 is 5.91 Å². The number of benzene rings is 1. The number of hydrogen-bond acceptors (Lipinski definition) is 3. The van der Waals surface area contributed by atoms with Crippen molar-refractivity contribution in [1.82, 2.24) is 15.1 Å². The minimum absolute atomic E-state index is 0.0751. The molecule has 1 atom stereocenters. The van der Waals surface area contributed by atoms with E-state index >= 15 is 0 Å². The maximum atomic E-state index is 12.5. The summed E-state index contributed by atoms with van der Waals surface area (Å²) in [5, 5.41) is 7.39. The molecule has 1 N–H and O–H groups in total. The second kappa shape index (κ2) is 6.77. The fourth-order valence-corrected chi connectivity index (χ4v) is 3.43. The summed E-state index contributed by atoms with van der Waals surface area (Å²) in [7, 11) is 0. The molecule has 1 amide bonds. The molecule has 1 aliphatic carbocycles. The average Bonchev–Trinajstić information content (AvgIpc) is 3.03. The molecule has 1 fully saturated rings. The molecule has 126 valence electrons. The number of amides is 1. The van der Waals surface area contributed by atoms with Gasteiger partial charge in [0.2, 0.25) is 0 Å². The van der Waals surface area contributed by atoms with Gasteiger partial charge < -0.3 is 10.1 Å². The molecule has 4 rings (SSSR count). The fraction of sp³-hybridized carbons (Fsp3) is 0.474. The molecule has 0 saturated heterocycles. The second-order valence-electron chi connectivity index (χ2n) is 6.79. The van der Waals surface area contributed by atoms with E-state index in [1.54, 1.807) is 0 Å². The van der Waals surface area contributed by atoms with Gasteiger partial charge in [0.05, 0.1) is 12.8 Å². The van der Waals surface area contributed by atoms with Crippen LogP contribution < -0.4 is 5.32 Å². The number of rotatable bonds is 5. The molecule has 2 aliphatic rings. The first-order chi connectivity index (χ1) is 11.8. The lowest BCUT2D eigenvalue weighted by Gasteiger charge is -2.25. The summed E-state index contributed by atoms with van der Waals surface area (Å²) >= 11 is 0. The fourth-order valence-electron chi connectivity index (χ4n) is 3.43. The van der Waals surface area contributed by atoms with Gasteiger partial charge in [-0.3, -0.25) is 9.48 Å². The van der Waals surface area contributed by atoms with Crippen LogP contribution in [0.3, 0.4) is 0 Å². The van der Waals surface area contributed by atoms with Crippen LogP contribution in [-0.4, -0.2) is 22.3 Å². The Morgan fingerprint density at radius 1 is 1.33 bits per heavy atom. The predicted octanol–water partition coefficient (Wildman–Crippen LogP) is 2.61. The summed E-state index contributed by atoms with van der Waals surface area (Å²) in [6.45, 7) is 2.08. The Balaban J connectivity index is 1.35. The summed E-state index contributed by atoms with van der Waals surface area (Å²) in [5.74, 6) is 0.702. The third-order valence-corrected chi connectivity index (χ3v) is 5.06. The number of aromatic nitrogens is 2. The minimum Gasteiger partial charge on any atom is -0.363 e. The second-order valence-corrected chi connectivity index (χ2v) is 6.79. The van der Waals surface area contributed by atoms with E-state index in [4.69, 9.17) is 4.74 Å². The van der Waals surface area contributed by atoms with Gasteiger partial charge in [0, 0.05) is 24.8 Å². The van der Waals surface area contributed by atoms with E-state index in [9.17, 15) is 4.79 Å². The van der Waals surface area contributed by atoms with Crippen LogP contribution in [0.5, 0.6) is 0 Å². The summed E-state index contributed by atoms with van der Waals surface area (Å²) < 4.78 is 7.70. The monoisotopic (exact) mass is 325 g/mol. The van der Waals surface area contributed by atoms with Crippen molar-refractivity contribution in [2.75, 3.05) is 6.61 Å². The lowest BCUT2D eigenvalue weighted by Crippen LogP contribution is -2.33. The molecule has 24 heavy (non-hydrogen) atoms. The predicted molar refractivity (Wildman–Crippen MR) is 90.3 cm³/mol. The third kappa shape index (κ3) is 3.22. The summed E-state index contributed by atoms with van der Waals surface area (Å²) in [5.41, 5.74) is 3.23. The molecule has 1 saturated carbocycles. The van der Waals surface area contributed by atoms with Crippen LogP contribution in [0, 0.1) is 5.92 Å². The lowest BCUT2D eigenvalue weighted by atomic mass is 9.85. The van der Waals surface area contributed by atoms with Gasteiger partial charge in [0.25, 0.3) is 5.91 Å². The molecule has 5 heteroatoms. The third-order valence-electron chi connectivity index (χ3n) is 5.06. The van der Waals surface area contributed by atoms with Crippen LogP contribution in [0.25, 0.3) is 0 Å². The standard InChI is InChI=1S/C19H23N3O2/c23-19(18-17-7-2-1-6-16(17)8-9-24-18)20-10-15-11-21-22(13-15)12-14-4-3-5-14/h1-2,6-7,11,13-14,18H,3-5,8-10,12H2,(H,20,23). The minimum atomic E-state index is -0.500. The molecule has 1 unspecified atom stereocenters. The Bertz CT molecular complexity index is 721. The van der Waals surface area contributed by atoms with Gasteiger partial charge in [-0.2, -0.15) is 5.10 Å². The quantitative estimate of drug-likeness (QED) is 0.919. The smallest absolute Gasteiger partial charge is 0.254 e. The normalized spacial score (nSPS) is 20.2. The SMILES string of the molecule is O=C(NCc1cnn(CC2CCC2)c1)C1OCCc2ccccc21. The molecule has 1 aromatic heterocycles. The highest BCUT2D eigenvalue weighted by molar-refractivity contribution is 5.82. The molecule has 1 aliphatic heterocycles. The number of carbonyl (C=O) groups is 1. The molecule has 0 spiro atoms. The molecule has 0 radical (unpaired) electrons. The number of nitrogens with one attached hydrogen (secondary N) is 1. The highest BCUT2D eigenvalue weighted by Gasteiger charge is 2.27. The van der Waals surface area contributed by atoms with Crippen molar-refractivity contribution in [2.45, 2.75) is 44.9 Å². The van der Waals surface area contributed by atoms with Crippen LogP contribution in [0.4, 0.5) is 0 Å². The first-order valence-corrected chi connectivity index (χ1v) is 8.78. The zero-order chi connectivity index (χ0) is 16.4. The van der Waals surface area contributed by atoms with E-state index in [2.05, 4.69) is 16.5 Å². The van der Waals surface area contributed by atoms with E-state index < -0.39 is 6.10 Å². The van der Waals surface area contributed by atoms with Crippen LogP contribution in [0.1, 0.15) is 42.1 Å². The van der Waals surface area contributed by atoms with Gasteiger partial charge in [-0.15, -0.1) is 0 Å². The molecular formula is C19H23N3O2. The number of nitrogens with zero attached hydrogens (tertiary/aromatic N) is 2. The average molecular weight is 325 g/mol.